The van der Waals surface area contributed by atoms with E-state index in [4.69, 9.17) is 4.74 Å². The van der Waals surface area contributed by atoms with E-state index < -0.39 is 0 Å². The van der Waals surface area contributed by atoms with Gasteiger partial charge in [-0.05, 0) is 32.6 Å². The lowest BCUT2D eigenvalue weighted by atomic mass is 10.0. The van der Waals surface area contributed by atoms with Crippen LogP contribution >= 0.6 is 0 Å². The molecule has 7 heteroatoms. The molecule has 3 rings (SSSR count). The molecule has 0 aliphatic carbocycles. The first-order chi connectivity index (χ1) is 10.7. The SMILES string of the molecule is CCOC(=O)N1CCC(NCC2Cc3nnc(C)n3C2)CC1. The number of rotatable bonds is 4. The predicted molar refractivity (Wildman–Crippen MR) is 81.6 cm³/mol. The number of nitrogens with zero attached hydrogens (tertiary/aromatic N) is 4. The molecule has 7 nitrogen and oxygen atoms in total. The Morgan fingerprint density at radius 2 is 2.14 bits per heavy atom. The minimum atomic E-state index is -0.176. The molecule has 0 spiro atoms. The highest BCUT2D eigenvalue weighted by molar-refractivity contribution is 5.67. The molecule has 1 amide bonds. The third-order valence-corrected chi connectivity index (χ3v) is 4.64. The van der Waals surface area contributed by atoms with E-state index in [0.717, 1.165) is 57.1 Å². The minimum absolute atomic E-state index is 0.176. The first kappa shape index (κ1) is 15.3. The van der Waals surface area contributed by atoms with Crippen LogP contribution in [0.15, 0.2) is 0 Å². The molecule has 1 aromatic rings. The summed E-state index contributed by atoms with van der Waals surface area (Å²) in [6, 6.07) is 0.498. The molecule has 0 saturated carbocycles. The van der Waals surface area contributed by atoms with Gasteiger partial charge in [0.15, 0.2) is 0 Å². The van der Waals surface area contributed by atoms with Crippen molar-refractivity contribution < 1.29 is 9.53 Å². The predicted octanol–water partition coefficient (Wildman–Crippen LogP) is 0.969. The number of fused-ring (bicyclic) bond motifs is 1. The van der Waals surface area contributed by atoms with Gasteiger partial charge in [0.1, 0.15) is 11.6 Å². The lowest BCUT2D eigenvalue weighted by Crippen LogP contribution is -2.46. The van der Waals surface area contributed by atoms with Crippen LogP contribution in [-0.4, -0.2) is 58.0 Å². The minimum Gasteiger partial charge on any atom is -0.450 e. The molecule has 2 aliphatic heterocycles. The van der Waals surface area contributed by atoms with E-state index in [2.05, 4.69) is 20.1 Å². The van der Waals surface area contributed by atoms with Gasteiger partial charge in [-0.2, -0.15) is 0 Å². The first-order valence-electron chi connectivity index (χ1n) is 8.21. The number of hydrogen-bond acceptors (Lipinski definition) is 5. The largest absolute Gasteiger partial charge is 0.450 e. The Bertz CT molecular complexity index is 522. The summed E-state index contributed by atoms with van der Waals surface area (Å²) in [6.07, 6.45) is 2.83. The summed E-state index contributed by atoms with van der Waals surface area (Å²) >= 11 is 0. The highest BCUT2D eigenvalue weighted by atomic mass is 16.6. The average molecular weight is 307 g/mol. The second-order valence-electron chi connectivity index (χ2n) is 6.21. The second-order valence-corrected chi connectivity index (χ2v) is 6.21. The molecule has 3 heterocycles. The fourth-order valence-electron chi connectivity index (χ4n) is 3.35. The standard InChI is InChI=1S/C15H25N5O2/c1-3-22-15(21)19-6-4-13(5-7-19)16-9-12-8-14-18-17-11(2)20(14)10-12/h12-13,16H,3-10H2,1-2H3. The van der Waals surface area contributed by atoms with Gasteiger partial charge in [-0.25, -0.2) is 4.79 Å². The van der Waals surface area contributed by atoms with Gasteiger partial charge in [0.05, 0.1) is 6.61 Å². The van der Waals surface area contributed by atoms with Gasteiger partial charge in [0.2, 0.25) is 0 Å². The molecule has 1 N–H and O–H groups in total. The number of amides is 1. The highest BCUT2D eigenvalue weighted by Gasteiger charge is 2.27. The third kappa shape index (κ3) is 3.24. The van der Waals surface area contributed by atoms with E-state index in [1.165, 1.54) is 0 Å². The van der Waals surface area contributed by atoms with Crippen molar-refractivity contribution >= 4 is 6.09 Å². The molecule has 0 radical (unpaired) electrons. The lowest BCUT2D eigenvalue weighted by molar-refractivity contribution is 0.0947. The molecule has 1 aromatic heterocycles. The van der Waals surface area contributed by atoms with Crippen LogP contribution in [0, 0.1) is 12.8 Å². The van der Waals surface area contributed by atoms with Crippen LogP contribution in [0.3, 0.4) is 0 Å². The fourth-order valence-corrected chi connectivity index (χ4v) is 3.35. The summed E-state index contributed by atoms with van der Waals surface area (Å²) in [5.41, 5.74) is 0. The molecule has 0 aromatic carbocycles. The Kier molecular flexibility index (Phi) is 4.61. The maximum absolute atomic E-state index is 11.7. The van der Waals surface area contributed by atoms with Crippen LogP contribution in [-0.2, 0) is 17.7 Å². The van der Waals surface area contributed by atoms with Crippen LogP contribution in [0.2, 0.25) is 0 Å². The van der Waals surface area contributed by atoms with Crippen molar-refractivity contribution in [3.8, 4) is 0 Å². The monoisotopic (exact) mass is 307 g/mol. The van der Waals surface area contributed by atoms with Gasteiger partial charge in [-0.15, -0.1) is 10.2 Å². The van der Waals surface area contributed by atoms with Gasteiger partial charge >= 0.3 is 6.09 Å². The van der Waals surface area contributed by atoms with E-state index in [1.807, 2.05) is 18.7 Å². The van der Waals surface area contributed by atoms with Crippen LogP contribution in [0.1, 0.15) is 31.4 Å². The zero-order valence-electron chi connectivity index (χ0n) is 13.4. The molecule has 0 bridgehead atoms. The zero-order chi connectivity index (χ0) is 15.5. The Morgan fingerprint density at radius 3 is 2.82 bits per heavy atom. The van der Waals surface area contributed by atoms with Crippen LogP contribution in [0.4, 0.5) is 4.79 Å². The fraction of sp³-hybridized carbons (Fsp3) is 0.800. The normalized spacial score (nSPS) is 21.9. The maximum atomic E-state index is 11.7. The average Bonchev–Trinajstić information content (AvgIpc) is 3.08. The van der Waals surface area contributed by atoms with Crippen LogP contribution in [0.25, 0.3) is 0 Å². The van der Waals surface area contributed by atoms with E-state index in [9.17, 15) is 4.79 Å². The third-order valence-electron chi connectivity index (χ3n) is 4.64. The van der Waals surface area contributed by atoms with Gasteiger partial charge in [0, 0.05) is 38.6 Å². The van der Waals surface area contributed by atoms with Crippen molar-refractivity contribution in [2.45, 2.75) is 45.7 Å². The zero-order valence-corrected chi connectivity index (χ0v) is 13.4. The molecule has 1 unspecified atom stereocenters. The Morgan fingerprint density at radius 1 is 1.36 bits per heavy atom. The van der Waals surface area contributed by atoms with E-state index in [-0.39, 0.29) is 6.09 Å². The van der Waals surface area contributed by atoms with Crippen molar-refractivity contribution in [1.29, 1.82) is 0 Å². The number of ether oxygens (including phenoxy) is 1. The van der Waals surface area contributed by atoms with E-state index in [1.54, 1.807) is 0 Å². The number of aryl methyl sites for hydroxylation is 1. The van der Waals surface area contributed by atoms with Crippen molar-refractivity contribution in [3.05, 3.63) is 11.6 Å². The number of nitrogens with one attached hydrogen (secondary N) is 1. The van der Waals surface area contributed by atoms with Crippen LogP contribution in [0.5, 0.6) is 0 Å². The Balaban J connectivity index is 1.39. The number of hydrogen-bond donors (Lipinski definition) is 1. The van der Waals surface area contributed by atoms with Gasteiger partial charge in [-0.1, -0.05) is 0 Å². The van der Waals surface area contributed by atoms with Crippen molar-refractivity contribution in [2.24, 2.45) is 5.92 Å². The summed E-state index contributed by atoms with van der Waals surface area (Å²) in [6.45, 7) is 7.89. The molecule has 1 saturated heterocycles. The summed E-state index contributed by atoms with van der Waals surface area (Å²) in [7, 11) is 0. The maximum Gasteiger partial charge on any atom is 0.409 e. The highest BCUT2D eigenvalue weighted by Crippen LogP contribution is 2.20. The molecule has 2 aliphatic rings. The molecule has 1 atom stereocenters. The number of piperidine rings is 1. The lowest BCUT2D eigenvalue weighted by Gasteiger charge is -2.32. The van der Waals surface area contributed by atoms with E-state index in [0.29, 0.717) is 18.6 Å². The molecule has 122 valence electrons. The van der Waals surface area contributed by atoms with E-state index >= 15 is 0 Å². The number of carbonyl (C=O) groups excluding carboxylic acids is 1. The Labute approximate surface area is 131 Å². The number of aromatic nitrogens is 3. The quantitative estimate of drug-likeness (QED) is 0.897. The summed E-state index contributed by atoms with van der Waals surface area (Å²) in [5.74, 6) is 2.73. The second kappa shape index (κ2) is 6.64. The topological polar surface area (TPSA) is 72.3 Å². The van der Waals surface area contributed by atoms with Gasteiger partial charge < -0.3 is 19.5 Å². The van der Waals surface area contributed by atoms with Gasteiger partial charge in [-0.3, -0.25) is 0 Å². The molecule has 1 fully saturated rings. The van der Waals surface area contributed by atoms with Crippen molar-refractivity contribution in [3.63, 3.8) is 0 Å². The summed E-state index contributed by atoms with van der Waals surface area (Å²) < 4.78 is 7.26. The van der Waals surface area contributed by atoms with Crippen LogP contribution < -0.4 is 5.32 Å². The molecular formula is C15H25N5O2. The number of carbonyl (C=O) groups is 1. The number of likely N-dealkylation sites (tertiary alicyclic amines) is 1. The van der Waals surface area contributed by atoms with Crippen molar-refractivity contribution in [1.82, 2.24) is 25.0 Å². The van der Waals surface area contributed by atoms with Gasteiger partial charge in [0.25, 0.3) is 0 Å². The summed E-state index contributed by atoms with van der Waals surface area (Å²) in [5, 5.41) is 12.0. The smallest absolute Gasteiger partial charge is 0.409 e. The molecule has 22 heavy (non-hydrogen) atoms. The summed E-state index contributed by atoms with van der Waals surface area (Å²) in [4.78, 5) is 13.5. The Hall–Kier alpha value is -1.63. The van der Waals surface area contributed by atoms with Crippen molar-refractivity contribution in [2.75, 3.05) is 26.2 Å². The molecular weight excluding hydrogens is 282 g/mol. The first-order valence-corrected chi connectivity index (χ1v) is 8.21.